The first-order valence-electron chi connectivity index (χ1n) is 10.3. The van der Waals surface area contributed by atoms with Gasteiger partial charge in [-0.15, -0.1) is 0 Å². The molecule has 0 aliphatic carbocycles. The molecule has 1 fully saturated rings. The number of amidine groups is 1. The molecule has 0 saturated carbocycles. The van der Waals surface area contributed by atoms with Crippen molar-refractivity contribution in [3.8, 4) is 5.75 Å². The maximum Gasteiger partial charge on any atom is 0.379 e. The number of methoxy groups -OCH3 is 1. The van der Waals surface area contributed by atoms with E-state index in [2.05, 4.69) is 4.99 Å². The third-order valence-corrected chi connectivity index (χ3v) is 6.03. The molecule has 172 valence electrons. The lowest BCUT2D eigenvalue weighted by Gasteiger charge is -2.38. The van der Waals surface area contributed by atoms with Gasteiger partial charge in [0.1, 0.15) is 12.4 Å². The van der Waals surface area contributed by atoms with Gasteiger partial charge in [-0.2, -0.15) is 0 Å². The summed E-state index contributed by atoms with van der Waals surface area (Å²) in [7, 11) is 1.52. The lowest BCUT2D eigenvalue weighted by atomic mass is 9.94. The van der Waals surface area contributed by atoms with E-state index in [-0.39, 0.29) is 30.5 Å². The quantitative estimate of drug-likeness (QED) is 0.345. The predicted molar refractivity (Wildman–Crippen MR) is 120 cm³/mol. The Kier molecular flexibility index (Phi) is 6.95. The molecule has 1 aromatic heterocycles. The predicted octanol–water partition coefficient (Wildman–Crippen LogP) is 3.34. The summed E-state index contributed by atoms with van der Waals surface area (Å²) in [6, 6.07) is 9.02. The van der Waals surface area contributed by atoms with Crippen LogP contribution >= 0.6 is 11.8 Å². The Morgan fingerprint density at radius 2 is 1.97 bits per heavy atom. The number of carbonyl (C=O) groups is 3. The highest BCUT2D eigenvalue weighted by Gasteiger charge is 2.41. The Balaban J connectivity index is 1.64. The van der Waals surface area contributed by atoms with Gasteiger partial charge in [0.25, 0.3) is 0 Å². The minimum atomic E-state index is -0.706. The SMILES string of the molecule is COCCOC(=O)C1=C(C)N=C2SCCC(=O)N2[C@H]1c1ccc(OC(=O)c2ccco2)cc1. The second-order valence-corrected chi connectivity index (χ2v) is 8.28. The number of amides is 1. The van der Waals surface area contributed by atoms with Crippen molar-refractivity contribution in [2.45, 2.75) is 19.4 Å². The number of carbonyl (C=O) groups excluding carboxylic acids is 3. The molecule has 10 heteroatoms. The van der Waals surface area contributed by atoms with E-state index >= 15 is 0 Å². The zero-order valence-electron chi connectivity index (χ0n) is 18.1. The van der Waals surface area contributed by atoms with E-state index < -0.39 is 18.0 Å². The summed E-state index contributed by atoms with van der Waals surface area (Å²) < 4.78 is 20.7. The van der Waals surface area contributed by atoms with Crippen LogP contribution in [0.3, 0.4) is 0 Å². The molecule has 1 aromatic carbocycles. The number of fused-ring (bicyclic) bond motifs is 1. The van der Waals surface area contributed by atoms with E-state index in [0.717, 1.165) is 0 Å². The van der Waals surface area contributed by atoms with Crippen LogP contribution in [0, 0.1) is 0 Å². The van der Waals surface area contributed by atoms with Crippen molar-refractivity contribution in [2.75, 3.05) is 26.1 Å². The van der Waals surface area contributed by atoms with Gasteiger partial charge in [-0.1, -0.05) is 23.9 Å². The van der Waals surface area contributed by atoms with Crippen LogP contribution in [0.25, 0.3) is 0 Å². The minimum Gasteiger partial charge on any atom is -0.460 e. The number of ether oxygens (including phenoxy) is 3. The number of aliphatic imine (C=N–C) groups is 1. The summed E-state index contributed by atoms with van der Waals surface area (Å²) in [6.45, 7) is 2.06. The zero-order chi connectivity index (χ0) is 23.4. The number of nitrogens with zero attached hydrogens (tertiary/aromatic N) is 2. The van der Waals surface area contributed by atoms with Crippen LogP contribution in [0.1, 0.15) is 35.5 Å². The molecule has 3 heterocycles. The van der Waals surface area contributed by atoms with E-state index in [0.29, 0.717) is 34.4 Å². The van der Waals surface area contributed by atoms with Gasteiger partial charge >= 0.3 is 11.9 Å². The average molecular weight is 471 g/mol. The minimum absolute atomic E-state index is 0.0831. The number of thioether (sulfide) groups is 1. The maximum absolute atomic E-state index is 13.0. The molecule has 2 aliphatic rings. The first-order chi connectivity index (χ1) is 16.0. The lowest BCUT2D eigenvalue weighted by molar-refractivity contribution is -0.141. The van der Waals surface area contributed by atoms with Crippen LogP contribution in [0.15, 0.2) is 63.3 Å². The zero-order valence-corrected chi connectivity index (χ0v) is 18.9. The van der Waals surface area contributed by atoms with Gasteiger partial charge in [-0.05, 0) is 36.8 Å². The van der Waals surface area contributed by atoms with Crippen LogP contribution in [-0.4, -0.2) is 54.0 Å². The highest BCUT2D eigenvalue weighted by atomic mass is 32.2. The summed E-state index contributed by atoms with van der Waals surface area (Å²) in [4.78, 5) is 44.0. The van der Waals surface area contributed by atoms with Crippen molar-refractivity contribution in [3.63, 3.8) is 0 Å². The van der Waals surface area contributed by atoms with Crippen LogP contribution in [-0.2, 0) is 19.1 Å². The number of esters is 2. The van der Waals surface area contributed by atoms with Crippen LogP contribution in [0.5, 0.6) is 5.75 Å². The highest BCUT2D eigenvalue weighted by Crippen LogP contribution is 2.40. The lowest BCUT2D eigenvalue weighted by Crippen LogP contribution is -2.45. The number of hydrogen-bond donors (Lipinski definition) is 0. The van der Waals surface area contributed by atoms with E-state index in [1.54, 1.807) is 37.3 Å². The van der Waals surface area contributed by atoms with Gasteiger partial charge in [-0.3, -0.25) is 9.69 Å². The number of hydrogen-bond acceptors (Lipinski definition) is 9. The van der Waals surface area contributed by atoms with Gasteiger partial charge in [-0.25, -0.2) is 14.6 Å². The Morgan fingerprint density at radius 3 is 2.67 bits per heavy atom. The fourth-order valence-corrected chi connectivity index (χ4v) is 4.55. The molecule has 0 spiro atoms. The van der Waals surface area contributed by atoms with Crippen molar-refractivity contribution in [2.24, 2.45) is 4.99 Å². The molecule has 1 saturated heterocycles. The molecule has 9 nitrogen and oxygen atoms in total. The monoisotopic (exact) mass is 470 g/mol. The normalized spacial score (nSPS) is 18.0. The van der Waals surface area contributed by atoms with Crippen molar-refractivity contribution >= 4 is 34.8 Å². The second kappa shape index (κ2) is 10.1. The van der Waals surface area contributed by atoms with Crippen molar-refractivity contribution < 1.29 is 33.0 Å². The molecule has 0 N–H and O–H groups in total. The van der Waals surface area contributed by atoms with E-state index in [1.807, 2.05) is 0 Å². The molecule has 0 unspecified atom stereocenters. The summed E-state index contributed by atoms with van der Waals surface area (Å²) in [5, 5.41) is 0.551. The van der Waals surface area contributed by atoms with Gasteiger partial charge in [0.05, 0.1) is 30.2 Å². The smallest absolute Gasteiger partial charge is 0.379 e. The van der Waals surface area contributed by atoms with Crippen molar-refractivity contribution in [1.29, 1.82) is 0 Å². The van der Waals surface area contributed by atoms with E-state index in [9.17, 15) is 14.4 Å². The van der Waals surface area contributed by atoms with Gasteiger partial charge in [0.15, 0.2) is 5.17 Å². The van der Waals surface area contributed by atoms with Crippen LogP contribution < -0.4 is 4.74 Å². The first kappa shape index (κ1) is 22.8. The first-order valence-corrected chi connectivity index (χ1v) is 11.2. The van der Waals surface area contributed by atoms with Crippen molar-refractivity contribution in [3.05, 3.63) is 65.3 Å². The summed E-state index contributed by atoms with van der Waals surface area (Å²) in [5.41, 5.74) is 1.43. The van der Waals surface area contributed by atoms with Crippen LogP contribution in [0.4, 0.5) is 0 Å². The van der Waals surface area contributed by atoms with Gasteiger partial charge in [0, 0.05) is 19.3 Å². The molecular weight excluding hydrogens is 448 g/mol. The molecule has 0 radical (unpaired) electrons. The second-order valence-electron chi connectivity index (χ2n) is 7.22. The highest BCUT2D eigenvalue weighted by molar-refractivity contribution is 8.14. The third-order valence-electron chi connectivity index (χ3n) is 5.08. The molecule has 33 heavy (non-hydrogen) atoms. The third kappa shape index (κ3) is 4.86. The number of allylic oxidation sites excluding steroid dienone is 1. The van der Waals surface area contributed by atoms with Crippen molar-refractivity contribution in [1.82, 2.24) is 4.90 Å². The molecule has 2 aromatic rings. The van der Waals surface area contributed by atoms with Crippen LogP contribution in [0.2, 0.25) is 0 Å². The topological polar surface area (TPSA) is 108 Å². The Hall–Kier alpha value is -3.37. The summed E-state index contributed by atoms with van der Waals surface area (Å²) >= 11 is 1.47. The Labute approximate surface area is 194 Å². The Morgan fingerprint density at radius 1 is 1.18 bits per heavy atom. The summed E-state index contributed by atoms with van der Waals surface area (Å²) in [5.74, 6) is -0.296. The average Bonchev–Trinajstić information content (AvgIpc) is 3.34. The number of rotatable bonds is 7. The Bertz CT molecular complexity index is 1110. The van der Waals surface area contributed by atoms with E-state index in [1.165, 1.54) is 36.1 Å². The molecule has 0 bridgehead atoms. The number of furan rings is 1. The molecule has 1 atom stereocenters. The molecule has 1 amide bonds. The fourth-order valence-electron chi connectivity index (χ4n) is 3.54. The summed E-state index contributed by atoms with van der Waals surface area (Å²) in [6.07, 6.45) is 1.72. The number of benzene rings is 1. The molecule has 2 aliphatic heterocycles. The van der Waals surface area contributed by atoms with Gasteiger partial charge in [0.2, 0.25) is 11.7 Å². The molecular formula is C23H22N2O7S. The van der Waals surface area contributed by atoms with Gasteiger partial charge < -0.3 is 18.6 Å². The largest absolute Gasteiger partial charge is 0.460 e. The molecule has 4 rings (SSSR count). The fraction of sp³-hybridized carbons (Fsp3) is 0.304. The van der Waals surface area contributed by atoms with E-state index in [4.69, 9.17) is 18.6 Å². The standard InChI is InChI=1S/C23H22N2O7S/c1-14-19(22(28)31-12-11-29-2)20(25-18(26)9-13-33-23(25)24-14)15-5-7-16(8-6-15)32-21(27)17-4-3-10-30-17/h3-8,10,20H,9,11-13H2,1-2H3/t20-/m0/s1. The maximum atomic E-state index is 13.0.